The molecule has 196 valence electrons. The van der Waals surface area contributed by atoms with Gasteiger partial charge in [-0.1, -0.05) is 84.4 Å². The molecule has 7 nitrogen and oxygen atoms in total. The number of pyridine rings is 1. The summed E-state index contributed by atoms with van der Waals surface area (Å²) in [4.78, 5) is 28.7. The van der Waals surface area contributed by atoms with Gasteiger partial charge >= 0.3 is 0 Å². The molecule has 2 bridgehead atoms. The minimum Gasteiger partial charge on any atom is -0.489 e. The Bertz CT molecular complexity index is 1590. The molecule has 2 aliphatic rings. The monoisotopic (exact) mass is 539 g/mol. The van der Waals surface area contributed by atoms with Crippen molar-refractivity contribution in [3.05, 3.63) is 141 Å². The zero-order valence-corrected chi connectivity index (χ0v) is 21.8. The van der Waals surface area contributed by atoms with E-state index in [1.165, 1.54) is 6.07 Å². The van der Waals surface area contributed by atoms with Crippen LogP contribution in [0.3, 0.4) is 0 Å². The Hall–Kier alpha value is -4.49. The van der Waals surface area contributed by atoms with E-state index in [-0.39, 0.29) is 42.1 Å². The number of carbonyl (C=O) groups excluding carboxylic acids is 1. The molecule has 0 fully saturated rings. The van der Waals surface area contributed by atoms with Crippen LogP contribution in [-0.4, -0.2) is 35.3 Å². The second-order valence-electron chi connectivity index (χ2n) is 9.36. The molecule has 1 aromatic heterocycles. The molecule has 0 aliphatic carbocycles. The van der Waals surface area contributed by atoms with E-state index in [1.54, 1.807) is 15.8 Å². The molecule has 0 spiro atoms. The van der Waals surface area contributed by atoms with Crippen LogP contribution in [0.1, 0.15) is 33.2 Å². The number of nitrogens with zero attached hydrogens (tertiary/aromatic N) is 3. The second-order valence-corrected chi connectivity index (χ2v) is 9.80. The number of benzene rings is 3. The van der Waals surface area contributed by atoms with Gasteiger partial charge < -0.3 is 14.4 Å². The summed E-state index contributed by atoms with van der Waals surface area (Å²) in [5, 5.41) is 2.62. The zero-order chi connectivity index (χ0) is 26.8. The van der Waals surface area contributed by atoms with Crippen LogP contribution in [0.15, 0.2) is 108 Å². The van der Waals surface area contributed by atoms with Crippen molar-refractivity contribution >= 4 is 17.5 Å². The van der Waals surface area contributed by atoms with Crippen LogP contribution in [0.4, 0.5) is 0 Å². The summed E-state index contributed by atoms with van der Waals surface area (Å²) in [7, 11) is 0. The lowest BCUT2D eigenvalue weighted by Crippen LogP contribution is -2.55. The van der Waals surface area contributed by atoms with Crippen molar-refractivity contribution in [1.82, 2.24) is 9.58 Å². The molecule has 0 saturated heterocycles. The van der Waals surface area contributed by atoms with Crippen molar-refractivity contribution in [2.75, 3.05) is 24.8 Å². The van der Waals surface area contributed by atoms with E-state index >= 15 is 0 Å². The van der Waals surface area contributed by atoms with Crippen LogP contribution >= 0.6 is 11.6 Å². The van der Waals surface area contributed by atoms with Gasteiger partial charge in [-0.3, -0.25) is 19.3 Å². The summed E-state index contributed by atoms with van der Waals surface area (Å²) in [5.74, 6) is 0.397. The lowest BCUT2D eigenvalue weighted by Gasteiger charge is -2.44. The van der Waals surface area contributed by atoms with Crippen LogP contribution in [0.5, 0.6) is 11.5 Å². The number of carbonyl (C=O) groups is 1. The molecule has 0 radical (unpaired) electrons. The fraction of sp³-hybridized carbons (Fsp3) is 0.161. The highest BCUT2D eigenvalue weighted by Gasteiger charge is 2.37. The molecule has 2 aliphatic heterocycles. The molecule has 39 heavy (non-hydrogen) atoms. The van der Waals surface area contributed by atoms with Gasteiger partial charge in [0.05, 0.1) is 0 Å². The molecule has 1 amide bonds. The molecule has 8 heteroatoms. The Morgan fingerprint density at radius 3 is 2.49 bits per heavy atom. The molecule has 0 N–H and O–H groups in total. The Morgan fingerprint density at radius 1 is 0.923 bits per heavy atom. The maximum atomic E-state index is 13.9. The van der Waals surface area contributed by atoms with E-state index in [2.05, 4.69) is 5.01 Å². The summed E-state index contributed by atoms with van der Waals surface area (Å²) in [6.07, 6.45) is 5.42. The highest BCUT2D eigenvalue weighted by atomic mass is 35.5. The smallest absolute Gasteiger partial charge is 0.278 e. The van der Waals surface area contributed by atoms with E-state index in [1.807, 2.05) is 91.0 Å². The molecule has 1 atom stereocenters. The van der Waals surface area contributed by atoms with Gasteiger partial charge in [-0.15, -0.1) is 0 Å². The van der Waals surface area contributed by atoms with Crippen molar-refractivity contribution in [3.63, 3.8) is 0 Å². The van der Waals surface area contributed by atoms with E-state index in [4.69, 9.17) is 21.1 Å². The largest absolute Gasteiger partial charge is 0.489 e. The summed E-state index contributed by atoms with van der Waals surface area (Å²) >= 11 is 6.38. The van der Waals surface area contributed by atoms with Gasteiger partial charge in [-0.05, 0) is 29.3 Å². The number of ether oxygens (including phenoxy) is 2. The number of hydrogen-bond acceptors (Lipinski definition) is 5. The molecular formula is C31H26ClN3O4. The third-order valence-electron chi connectivity index (χ3n) is 6.85. The predicted molar refractivity (Wildman–Crippen MR) is 150 cm³/mol. The number of rotatable bonds is 4. The van der Waals surface area contributed by atoms with Gasteiger partial charge in [0.1, 0.15) is 31.7 Å². The lowest BCUT2D eigenvalue weighted by molar-refractivity contribution is 0.0698. The van der Waals surface area contributed by atoms with Crippen molar-refractivity contribution in [3.8, 4) is 11.5 Å². The average molecular weight is 540 g/mol. The fourth-order valence-electron chi connectivity index (χ4n) is 5.01. The van der Waals surface area contributed by atoms with E-state index in [9.17, 15) is 9.59 Å². The first-order chi connectivity index (χ1) is 19.1. The Morgan fingerprint density at radius 2 is 1.69 bits per heavy atom. The normalized spacial score (nSPS) is 17.4. The average Bonchev–Trinajstić information content (AvgIpc) is 2.99. The van der Waals surface area contributed by atoms with Crippen LogP contribution in [0, 0.1) is 0 Å². The summed E-state index contributed by atoms with van der Waals surface area (Å²) in [6, 6.07) is 26.2. The van der Waals surface area contributed by atoms with Crippen LogP contribution in [0.2, 0.25) is 5.02 Å². The Kier molecular flexibility index (Phi) is 6.82. The highest BCUT2D eigenvalue weighted by Crippen LogP contribution is 2.38. The van der Waals surface area contributed by atoms with Gasteiger partial charge in [0.15, 0.2) is 11.4 Å². The number of halogens is 1. The van der Waals surface area contributed by atoms with E-state index in [0.717, 1.165) is 16.7 Å². The molecule has 3 heterocycles. The first-order valence-corrected chi connectivity index (χ1v) is 13.1. The van der Waals surface area contributed by atoms with Gasteiger partial charge in [0.2, 0.25) is 5.43 Å². The molecule has 3 aromatic carbocycles. The highest BCUT2D eigenvalue weighted by molar-refractivity contribution is 6.30. The number of aromatic nitrogens is 1. The van der Waals surface area contributed by atoms with E-state index < -0.39 is 0 Å². The molecule has 1 unspecified atom stereocenters. The van der Waals surface area contributed by atoms with Crippen LogP contribution in [-0.2, 0) is 6.61 Å². The molecule has 0 saturated carbocycles. The SMILES string of the molecule is O=C1c2c(OCc3ccccc3)c(=O)ccn2N2CN1C/C=C\COc1cc(Cl)ccc1C2c1ccccc1. The van der Waals surface area contributed by atoms with Crippen LogP contribution < -0.4 is 19.9 Å². The van der Waals surface area contributed by atoms with E-state index in [0.29, 0.717) is 23.9 Å². The third kappa shape index (κ3) is 4.89. The second kappa shape index (κ2) is 10.7. The van der Waals surface area contributed by atoms with Crippen molar-refractivity contribution < 1.29 is 14.3 Å². The Labute approximate surface area is 231 Å². The minimum absolute atomic E-state index is 0.0271. The number of fused-ring (bicyclic) bond motifs is 5. The van der Waals surface area contributed by atoms with Gasteiger partial charge in [-0.2, -0.15) is 0 Å². The standard InChI is InChI=1S/C31H26ClN3O4/c32-24-13-14-25-27(19-24)38-18-8-7-16-33-21-35(28(25)23-11-5-2-6-12-23)34-17-15-26(36)30(29(34)31(33)37)39-20-22-9-3-1-4-10-22/h1-15,17,19,28H,16,18,20-21H2/b8-7-. The molecule has 6 rings (SSSR count). The molecular weight excluding hydrogens is 514 g/mol. The quantitative estimate of drug-likeness (QED) is 0.335. The maximum absolute atomic E-state index is 13.9. The van der Waals surface area contributed by atoms with Crippen molar-refractivity contribution in [1.29, 1.82) is 0 Å². The number of amides is 1. The summed E-state index contributed by atoms with van der Waals surface area (Å²) in [6.45, 7) is 1.11. The zero-order valence-electron chi connectivity index (χ0n) is 21.1. The van der Waals surface area contributed by atoms with Crippen LogP contribution in [0.25, 0.3) is 0 Å². The van der Waals surface area contributed by atoms with Gasteiger partial charge in [0, 0.05) is 29.4 Å². The summed E-state index contributed by atoms with van der Waals surface area (Å²) < 4.78 is 14.0. The fourth-order valence-corrected chi connectivity index (χ4v) is 5.17. The first kappa shape index (κ1) is 24.8. The lowest BCUT2D eigenvalue weighted by atomic mass is 9.97. The topological polar surface area (TPSA) is 64.0 Å². The summed E-state index contributed by atoms with van der Waals surface area (Å²) in [5.41, 5.74) is 2.61. The van der Waals surface area contributed by atoms with Gasteiger partial charge in [-0.25, -0.2) is 0 Å². The predicted octanol–water partition coefficient (Wildman–Crippen LogP) is 5.17. The van der Waals surface area contributed by atoms with Gasteiger partial charge in [0.25, 0.3) is 5.91 Å². The molecule has 4 aromatic rings. The van der Waals surface area contributed by atoms with Crippen molar-refractivity contribution in [2.24, 2.45) is 0 Å². The minimum atomic E-state index is -0.365. The maximum Gasteiger partial charge on any atom is 0.278 e. The third-order valence-corrected chi connectivity index (χ3v) is 7.09. The Balaban J connectivity index is 1.55. The number of hydrogen-bond donors (Lipinski definition) is 0. The first-order valence-electron chi connectivity index (χ1n) is 12.7. The van der Waals surface area contributed by atoms with Crippen molar-refractivity contribution in [2.45, 2.75) is 12.6 Å².